The highest BCUT2D eigenvalue weighted by atomic mass is 35.5. The number of nitrogens with zero attached hydrogens (tertiary/aromatic N) is 1. The number of likely N-dealkylation sites (tertiary alicyclic amines) is 1. The van der Waals surface area contributed by atoms with Gasteiger partial charge in [0.2, 0.25) is 0 Å². The van der Waals surface area contributed by atoms with Gasteiger partial charge in [-0.15, -0.1) is 0 Å². The van der Waals surface area contributed by atoms with Crippen LogP contribution in [0.2, 0.25) is 5.02 Å². The van der Waals surface area contributed by atoms with Crippen molar-refractivity contribution in [3.8, 4) is 5.75 Å². The highest BCUT2D eigenvalue weighted by molar-refractivity contribution is 6.32. The van der Waals surface area contributed by atoms with Gasteiger partial charge in [0.25, 0.3) is 0 Å². The van der Waals surface area contributed by atoms with Crippen molar-refractivity contribution in [3.63, 3.8) is 0 Å². The van der Waals surface area contributed by atoms with Gasteiger partial charge in [-0.25, -0.2) is 0 Å². The fraction of sp³-hybridized carbons (Fsp3) is 0.625. The Morgan fingerprint density at radius 3 is 3.05 bits per heavy atom. The third-order valence-corrected chi connectivity index (χ3v) is 4.12. The molecule has 1 aromatic rings. The Morgan fingerprint density at radius 2 is 2.30 bits per heavy atom. The molecule has 3 nitrogen and oxygen atoms in total. The highest BCUT2D eigenvalue weighted by Crippen LogP contribution is 2.30. The van der Waals surface area contributed by atoms with Crippen molar-refractivity contribution in [1.29, 1.82) is 0 Å². The Bertz CT molecular complexity index is 423. The van der Waals surface area contributed by atoms with Crippen LogP contribution in [0.4, 0.5) is 0 Å². The largest absolute Gasteiger partial charge is 0.492 e. The maximum Gasteiger partial charge on any atom is 0.142 e. The number of rotatable bonds is 6. The summed E-state index contributed by atoms with van der Waals surface area (Å²) in [6, 6.07) is 6.03. The van der Waals surface area contributed by atoms with Crippen LogP contribution in [0.25, 0.3) is 0 Å². The summed E-state index contributed by atoms with van der Waals surface area (Å²) in [7, 11) is 2.03. The number of piperidine rings is 1. The maximum atomic E-state index is 6.25. The van der Waals surface area contributed by atoms with Gasteiger partial charge in [-0.1, -0.05) is 23.7 Å². The molecule has 1 aliphatic heterocycles. The second-order valence-electron chi connectivity index (χ2n) is 5.46. The van der Waals surface area contributed by atoms with E-state index in [1.54, 1.807) is 0 Å². The summed E-state index contributed by atoms with van der Waals surface area (Å²) in [5, 5.41) is 4.01. The van der Waals surface area contributed by atoms with E-state index in [9.17, 15) is 0 Å². The van der Waals surface area contributed by atoms with Crippen LogP contribution < -0.4 is 10.1 Å². The number of hydrogen-bond donors (Lipinski definition) is 1. The molecule has 1 heterocycles. The second kappa shape index (κ2) is 7.87. The van der Waals surface area contributed by atoms with E-state index in [4.69, 9.17) is 16.3 Å². The topological polar surface area (TPSA) is 24.5 Å². The Labute approximate surface area is 127 Å². The van der Waals surface area contributed by atoms with Gasteiger partial charge in [0, 0.05) is 18.7 Å². The molecule has 1 unspecified atom stereocenters. The van der Waals surface area contributed by atoms with E-state index in [0.29, 0.717) is 11.6 Å². The van der Waals surface area contributed by atoms with E-state index in [-0.39, 0.29) is 0 Å². The third kappa shape index (κ3) is 4.11. The summed E-state index contributed by atoms with van der Waals surface area (Å²) in [5.74, 6) is 1.61. The summed E-state index contributed by atoms with van der Waals surface area (Å²) in [6.45, 7) is 6.99. The lowest BCUT2D eigenvalue weighted by Crippen LogP contribution is -2.38. The first-order valence-corrected chi connectivity index (χ1v) is 7.89. The van der Waals surface area contributed by atoms with Crippen molar-refractivity contribution in [2.45, 2.75) is 26.3 Å². The minimum absolute atomic E-state index is 0.652. The zero-order valence-electron chi connectivity index (χ0n) is 12.5. The molecule has 1 fully saturated rings. The summed E-state index contributed by atoms with van der Waals surface area (Å²) in [4.78, 5) is 2.51. The van der Waals surface area contributed by atoms with Crippen molar-refractivity contribution < 1.29 is 4.74 Å². The minimum atomic E-state index is 0.652. The van der Waals surface area contributed by atoms with Gasteiger partial charge in [0.1, 0.15) is 5.75 Å². The van der Waals surface area contributed by atoms with Crippen molar-refractivity contribution >= 4 is 11.6 Å². The molecule has 2 rings (SSSR count). The number of para-hydroxylation sites is 1. The molecule has 1 atom stereocenters. The van der Waals surface area contributed by atoms with Gasteiger partial charge in [-0.05, 0) is 51.9 Å². The van der Waals surface area contributed by atoms with E-state index in [0.717, 1.165) is 37.8 Å². The molecule has 0 saturated carbocycles. The van der Waals surface area contributed by atoms with Crippen LogP contribution in [0.15, 0.2) is 18.2 Å². The lowest BCUT2D eigenvalue weighted by molar-refractivity contribution is 0.165. The monoisotopic (exact) mass is 296 g/mol. The molecular formula is C16H25ClN2O. The molecule has 0 bridgehead atoms. The van der Waals surface area contributed by atoms with E-state index in [2.05, 4.69) is 16.3 Å². The molecule has 0 amide bonds. The third-order valence-electron chi connectivity index (χ3n) is 3.83. The molecule has 4 heteroatoms. The number of ether oxygens (including phenoxy) is 1. The van der Waals surface area contributed by atoms with Crippen LogP contribution in [-0.4, -0.2) is 38.2 Å². The lowest BCUT2D eigenvalue weighted by atomic mass is 9.97. The summed E-state index contributed by atoms with van der Waals surface area (Å²) < 4.78 is 5.71. The molecule has 0 aromatic heterocycles. The van der Waals surface area contributed by atoms with E-state index in [1.165, 1.54) is 18.4 Å². The Kier molecular flexibility index (Phi) is 6.14. The molecule has 1 aliphatic rings. The van der Waals surface area contributed by atoms with E-state index >= 15 is 0 Å². The summed E-state index contributed by atoms with van der Waals surface area (Å²) in [5.41, 5.74) is 1.20. The first kappa shape index (κ1) is 15.6. The molecule has 1 N–H and O–H groups in total. The fourth-order valence-corrected chi connectivity index (χ4v) is 3.22. The molecule has 1 saturated heterocycles. The average Bonchev–Trinajstić information content (AvgIpc) is 2.44. The lowest BCUT2D eigenvalue weighted by Gasteiger charge is -2.33. The van der Waals surface area contributed by atoms with Crippen LogP contribution in [0.1, 0.15) is 25.3 Å². The fourth-order valence-electron chi connectivity index (χ4n) is 2.98. The Morgan fingerprint density at radius 1 is 1.45 bits per heavy atom. The molecule has 0 aliphatic carbocycles. The Hall–Kier alpha value is -0.770. The minimum Gasteiger partial charge on any atom is -0.492 e. The number of halogens is 1. The van der Waals surface area contributed by atoms with Crippen LogP contribution in [0.5, 0.6) is 5.75 Å². The zero-order valence-corrected chi connectivity index (χ0v) is 13.2. The molecule has 0 radical (unpaired) electrons. The van der Waals surface area contributed by atoms with Crippen LogP contribution in [0, 0.1) is 5.92 Å². The number of hydrogen-bond acceptors (Lipinski definition) is 3. The Balaban J connectivity index is 2.03. The molecule has 1 aromatic carbocycles. The van der Waals surface area contributed by atoms with Crippen LogP contribution in [0.3, 0.4) is 0 Å². The summed E-state index contributed by atoms with van der Waals surface area (Å²) >= 11 is 6.25. The van der Waals surface area contributed by atoms with Crippen molar-refractivity contribution in [3.05, 3.63) is 28.8 Å². The number of nitrogens with one attached hydrogen (secondary N) is 1. The van der Waals surface area contributed by atoms with E-state index < -0.39 is 0 Å². The smallest absolute Gasteiger partial charge is 0.142 e. The molecule has 20 heavy (non-hydrogen) atoms. The van der Waals surface area contributed by atoms with Crippen LogP contribution >= 0.6 is 11.6 Å². The van der Waals surface area contributed by atoms with Gasteiger partial charge < -0.3 is 10.1 Å². The van der Waals surface area contributed by atoms with Crippen molar-refractivity contribution in [2.24, 2.45) is 5.92 Å². The van der Waals surface area contributed by atoms with Gasteiger partial charge >= 0.3 is 0 Å². The van der Waals surface area contributed by atoms with Gasteiger partial charge in [0.05, 0.1) is 11.6 Å². The highest BCUT2D eigenvalue weighted by Gasteiger charge is 2.20. The zero-order chi connectivity index (χ0) is 14.4. The first-order chi connectivity index (χ1) is 9.74. The molecule has 0 spiro atoms. The average molecular weight is 297 g/mol. The van der Waals surface area contributed by atoms with Gasteiger partial charge in [-0.2, -0.15) is 0 Å². The van der Waals surface area contributed by atoms with Crippen molar-refractivity contribution in [1.82, 2.24) is 10.2 Å². The predicted molar refractivity (Wildman–Crippen MR) is 84.5 cm³/mol. The van der Waals surface area contributed by atoms with E-state index in [1.807, 2.05) is 26.1 Å². The normalized spacial score (nSPS) is 20.1. The van der Waals surface area contributed by atoms with Gasteiger partial charge in [-0.3, -0.25) is 4.90 Å². The summed E-state index contributed by atoms with van der Waals surface area (Å²) in [6.07, 6.45) is 2.60. The second-order valence-corrected chi connectivity index (χ2v) is 5.87. The van der Waals surface area contributed by atoms with Crippen LogP contribution in [-0.2, 0) is 6.54 Å². The first-order valence-electron chi connectivity index (χ1n) is 7.51. The van der Waals surface area contributed by atoms with Crippen molar-refractivity contribution in [2.75, 3.05) is 33.3 Å². The quantitative estimate of drug-likeness (QED) is 0.873. The number of benzene rings is 1. The SMILES string of the molecule is CCOc1c(Cl)cccc1CN1CCCC(CNC)C1. The maximum absolute atomic E-state index is 6.25. The molecular weight excluding hydrogens is 272 g/mol. The molecule has 112 valence electrons. The van der Waals surface area contributed by atoms with Gasteiger partial charge in [0.15, 0.2) is 0 Å². The predicted octanol–water partition coefficient (Wildman–Crippen LogP) is 3.17. The standard InChI is InChI=1S/C16H25ClN2O/c1-3-20-16-14(7-4-8-15(16)17)12-19-9-5-6-13(11-19)10-18-2/h4,7-8,13,18H,3,5-6,9-12H2,1-2H3.